The van der Waals surface area contributed by atoms with Gasteiger partial charge in [-0.2, -0.15) is 4.98 Å². The van der Waals surface area contributed by atoms with Gasteiger partial charge in [0.25, 0.3) is 0 Å². The molecule has 0 saturated carbocycles. The lowest BCUT2D eigenvalue weighted by molar-refractivity contribution is 0.218. The van der Waals surface area contributed by atoms with Gasteiger partial charge in [0, 0.05) is 18.0 Å². The third-order valence-electron chi connectivity index (χ3n) is 9.00. The van der Waals surface area contributed by atoms with E-state index >= 15 is 0 Å². The molecule has 2 aliphatic rings. The van der Waals surface area contributed by atoms with Gasteiger partial charge in [-0.3, -0.25) is 4.99 Å². The molecule has 212 valence electrons. The molecule has 3 aromatic rings. The summed E-state index contributed by atoms with van der Waals surface area (Å²) in [5, 5.41) is 0. The number of allylic oxidation sites excluding steroid dienone is 3. The second kappa shape index (κ2) is 11.6. The maximum atomic E-state index is 6.38. The van der Waals surface area contributed by atoms with Crippen molar-refractivity contribution in [2.45, 2.75) is 80.1 Å². The number of nitrogens with two attached hydrogens (primary N) is 1. The fourth-order valence-corrected chi connectivity index (χ4v) is 6.39. The van der Waals surface area contributed by atoms with Crippen LogP contribution in [-0.4, -0.2) is 27.8 Å². The predicted octanol–water partition coefficient (Wildman–Crippen LogP) is 8.31. The summed E-state index contributed by atoms with van der Waals surface area (Å²) >= 11 is 0. The van der Waals surface area contributed by atoms with Crippen LogP contribution in [0.3, 0.4) is 0 Å². The van der Waals surface area contributed by atoms with Crippen molar-refractivity contribution in [1.29, 1.82) is 0 Å². The Kier molecular flexibility index (Phi) is 8.16. The zero-order chi connectivity index (χ0) is 28.4. The van der Waals surface area contributed by atoms with E-state index in [1.807, 2.05) is 19.3 Å². The highest BCUT2D eigenvalue weighted by molar-refractivity contribution is 5.79. The van der Waals surface area contributed by atoms with E-state index in [2.05, 4.69) is 79.9 Å². The highest BCUT2D eigenvalue weighted by Gasteiger charge is 2.31. The van der Waals surface area contributed by atoms with Crippen LogP contribution < -0.4 is 10.5 Å². The lowest BCUT2D eigenvalue weighted by Gasteiger charge is -2.35. The van der Waals surface area contributed by atoms with E-state index in [1.165, 1.54) is 16.8 Å². The second-order valence-electron chi connectivity index (χ2n) is 12.7. The summed E-state index contributed by atoms with van der Waals surface area (Å²) in [6.45, 7) is 14.7. The summed E-state index contributed by atoms with van der Waals surface area (Å²) in [7, 11) is 0. The second-order valence-corrected chi connectivity index (χ2v) is 12.7. The molecule has 6 heteroatoms. The number of nitrogens with one attached hydrogen (secondary N) is 1. The Labute approximate surface area is 239 Å². The topological polar surface area (TPSA) is 89.2 Å². The molecule has 0 spiro atoms. The third-order valence-corrected chi connectivity index (χ3v) is 9.00. The molecule has 1 aromatic carbocycles. The largest absolute Gasteiger partial charge is 0.493 e. The van der Waals surface area contributed by atoms with Crippen molar-refractivity contribution in [3.8, 4) is 16.9 Å². The molecule has 0 saturated heterocycles. The Morgan fingerprint density at radius 1 is 1.27 bits per heavy atom. The number of anilines is 1. The Bertz CT molecular complexity index is 1460. The van der Waals surface area contributed by atoms with Gasteiger partial charge < -0.3 is 15.5 Å². The van der Waals surface area contributed by atoms with Crippen molar-refractivity contribution in [1.82, 2.24) is 15.0 Å². The lowest BCUT2D eigenvalue weighted by atomic mass is 9.71. The summed E-state index contributed by atoms with van der Waals surface area (Å²) in [6.07, 6.45) is 12.7. The van der Waals surface area contributed by atoms with Gasteiger partial charge in [-0.25, -0.2) is 4.98 Å². The van der Waals surface area contributed by atoms with Crippen LogP contribution in [-0.2, 0) is 6.42 Å². The van der Waals surface area contributed by atoms with Crippen LogP contribution in [0.25, 0.3) is 22.3 Å². The number of rotatable bonds is 6. The summed E-state index contributed by atoms with van der Waals surface area (Å²) in [4.78, 5) is 16.7. The first-order valence-corrected chi connectivity index (χ1v) is 15.0. The highest BCUT2D eigenvalue weighted by Crippen LogP contribution is 2.44. The summed E-state index contributed by atoms with van der Waals surface area (Å²) in [6, 6.07) is 8.61. The zero-order valence-electron chi connectivity index (χ0n) is 25.1. The fourth-order valence-electron chi connectivity index (χ4n) is 6.39. The number of aromatic nitrogens is 3. The number of fused-ring (bicyclic) bond motifs is 2. The molecule has 0 amide bonds. The van der Waals surface area contributed by atoms with Gasteiger partial charge in [-0.05, 0) is 104 Å². The standard InChI is InChI=1S/C34H45N5O/c1-7-21(3)27(28-19-34(5,6)13-11-29(28)36-8-2)17-23-12-14-40-31-10-9-24(16-25(31)15-22(23)4)26-18-30-32(37-20-26)39-33(35)38-30/h8-11,16,18,20-23H,7,12-15,17,19H2,1-6H3,(H3,35,37,38,39)/b28-27-,36-8?. The first kappa shape index (κ1) is 28.1. The maximum Gasteiger partial charge on any atom is 0.200 e. The van der Waals surface area contributed by atoms with E-state index in [0.717, 1.165) is 67.5 Å². The molecule has 3 N–H and O–H groups in total. The van der Waals surface area contributed by atoms with Crippen LogP contribution in [0.2, 0.25) is 0 Å². The molecular weight excluding hydrogens is 494 g/mol. The normalized spacial score (nSPS) is 23.2. The number of ether oxygens (including phenoxy) is 1. The van der Waals surface area contributed by atoms with Crippen molar-refractivity contribution in [3.63, 3.8) is 0 Å². The zero-order valence-corrected chi connectivity index (χ0v) is 25.1. The van der Waals surface area contributed by atoms with Crippen LogP contribution in [0.1, 0.15) is 79.2 Å². The minimum absolute atomic E-state index is 0.269. The number of nitrogen functional groups attached to an aromatic ring is 1. The number of imidazole rings is 1. The van der Waals surface area contributed by atoms with E-state index in [4.69, 9.17) is 15.5 Å². The molecule has 0 fully saturated rings. The van der Waals surface area contributed by atoms with E-state index in [1.54, 1.807) is 5.57 Å². The van der Waals surface area contributed by atoms with Crippen LogP contribution >= 0.6 is 0 Å². The van der Waals surface area contributed by atoms with E-state index < -0.39 is 0 Å². The van der Waals surface area contributed by atoms with Gasteiger partial charge in [0.05, 0.1) is 17.8 Å². The van der Waals surface area contributed by atoms with Gasteiger partial charge in [0.15, 0.2) is 11.6 Å². The van der Waals surface area contributed by atoms with Gasteiger partial charge in [0.2, 0.25) is 0 Å². The molecule has 1 aliphatic heterocycles. The third kappa shape index (κ3) is 6.01. The number of hydrogen-bond acceptors (Lipinski definition) is 5. The van der Waals surface area contributed by atoms with Crippen LogP contribution in [0, 0.1) is 23.2 Å². The fraction of sp³-hybridized carbons (Fsp3) is 0.500. The number of hydrogen-bond donors (Lipinski definition) is 2. The number of pyridine rings is 1. The van der Waals surface area contributed by atoms with Crippen molar-refractivity contribution in [3.05, 3.63) is 58.9 Å². The SMILES string of the molecule is CC=NC1=CCC(C)(C)C/C1=C(\CC1CCOc2ccc(-c3cnc4nc(N)[nH]c4c3)cc2CC1C)C(C)CC. The molecule has 0 bridgehead atoms. The van der Waals surface area contributed by atoms with Crippen molar-refractivity contribution < 1.29 is 4.74 Å². The lowest BCUT2D eigenvalue weighted by Crippen LogP contribution is -2.24. The maximum absolute atomic E-state index is 6.38. The van der Waals surface area contributed by atoms with Gasteiger partial charge in [-0.1, -0.05) is 52.3 Å². The van der Waals surface area contributed by atoms with Gasteiger partial charge in [0.1, 0.15) is 5.75 Å². The minimum Gasteiger partial charge on any atom is -0.493 e. The van der Waals surface area contributed by atoms with E-state index in [9.17, 15) is 0 Å². The summed E-state index contributed by atoms with van der Waals surface area (Å²) in [5.41, 5.74) is 15.3. The van der Waals surface area contributed by atoms with Gasteiger partial charge >= 0.3 is 0 Å². The van der Waals surface area contributed by atoms with Crippen LogP contribution in [0.5, 0.6) is 5.75 Å². The number of nitrogens with zero attached hydrogens (tertiary/aromatic N) is 3. The van der Waals surface area contributed by atoms with Gasteiger partial charge in [-0.15, -0.1) is 0 Å². The Balaban J connectivity index is 1.44. The smallest absolute Gasteiger partial charge is 0.200 e. The molecule has 6 nitrogen and oxygen atoms in total. The first-order valence-electron chi connectivity index (χ1n) is 15.0. The molecule has 40 heavy (non-hydrogen) atoms. The molecule has 3 heterocycles. The number of benzene rings is 1. The molecular formula is C34H45N5O. The Hall–Kier alpha value is -3.41. The molecule has 1 aliphatic carbocycles. The molecule has 0 radical (unpaired) electrons. The van der Waals surface area contributed by atoms with E-state index in [-0.39, 0.29) is 5.41 Å². The predicted molar refractivity (Wildman–Crippen MR) is 167 cm³/mol. The Morgan fingerprint density at radius 3 is 2.88 bits per heavy atom. The summed E-state index contributed by atoms with van der Waals surface area (Å²) in [5.74, 6) is 3.01. The molecule has 5 rings (SSSR count). The van der Waals surface area contributed by atoms with Crippen molar-refractivity contribution in [2.24, 2.45) is 28.2 Å². The molecule has 3 unspecified atom stereocenters. The summed E-state index contributed by atoms with van der Waals surface area (Å²) < 4.78 is 6.38. The molecule has 2 aromatic heterocycles. The average Bonchev–Trinajstić information content (AvgIpc) is 3.30. The number of H-pyrrole nitrogens is 1. The number of aromatic amines is 1. The van der Waals surface area contributed by atoms with Crippen LogP contribution in [0.4, 0.5) is 5.95 Å². The van der Waals surface area contributed by atoms with Crippen molar-refractivity contribution in [2.75, 3.05) is 12.3 Å². The van der Waals surface area contributed by atoms with E-state index in [0.29, 0.717) is 29.3 Å². The first-order chi connectivity index (χ1) is 19.2. The quantitative estimate of drug-likeness (QED) is 0.308. The monoisotopic (exact) mass is 539 g/mol. The van der Waals surface area contributed by atoms with Crippen molar-refractivity contribution >= 4 is 23.3 Å². The van der Waals surface area contributed by atoms with Crippen LogP contribution in [0.15, 0.2) is 58.4 Å². The minimum atomic E-state index is 0.269. The Morgan fingerprint density at radius 2 is 2.10 bits per heavy atom. The average molecular weight is 540 g/mol. The molecule has 3 atom stereocenters. The number of aliphatic imine (C=N–C) groups is 1. The highest BCUT2D eigenvalue weighted by atomic mass is 16.5.